The first-order chi connectivity index (χ1) is 15.2. The zero-order valence-electron chi connectivity index (χ0n) is 16.7. The molecule has 1 amide bonds. The molecule has 0 bridgehead atoms. The van der Waals surface area contributed by atoms with Crippen LogP contribution in [-0.4, -0.2) is 51.5 Å². The van der Waals surface area contributed by atoms with Gasteiger partial charge in [0.15, 0.2) is 5.65 Å². The molecule has 1 aliphatic heterocycles. The molecule has 0 aliphatic carbocycles. The van der Waals surface area contributed by atoms with Crippen LogP contribution in [0.4, 0.5) is 11.4 Å². The first-order valence-electron chi connectivity index (χ1n) is 10.1. The average molecular weight is 415 g/mol. The number of benzene rings is 1. The number of anilines is 2. The Bertz CT molecular complexity index is 1290. The van der Waals surface area contributed by atoms with Gasteiger partial charge in [-0.15, -0.1) is 0 Å². The Kier molecular flexibility index (Phi) is 4.97. The zero-order chi connectivity index (χ0) is 21.2. The molecule has 0 radical (unpaired) electrons. The second kappa shape index (κ2) is 8.08. The number of amides is 1. The number of morpholine rings is 1. The Morgan fingerprint density at radius 1 is 1.06 bits per heavy atom. The summed E-state index contributed by atoms with van der Waals surface area (Å²) >= 11 is 0. The number of aromatic amines is 1. The smallest absolute Gasteiger partial charge is 0.254 e. The normalized spacial score (nSPS) is 14.0. The van der Waals surface area contributed by atoms with Crippen LogP contribution in [0, 0.1) is 0 Å². The lowest BCUT2D eigenvalue weighted by atomic mass is 10.1. The molecule has 1 aliphatic rings. The van der Waals surface area contributed by atoms with Gasteiger partial charge < -0.3 is 19.9 Å². The number of hydrogen-bond donors (Lipinski definition) is 2. The Morgan fingerprint density at radius 3 is 2.65 bits per heavy atom. The van der Waals surface area contributed by atoms with E-state index in [-0.39, 0.29) is 11.5 Å². The topological polar surface area (TPSA) is 91.7 Å². The number of rotatable bonds is 4. The van der Waals surface area contributed by atoms with Gasteiger partial charge in [-0.3, -0.25) is 14.0 Å². The number of nitrogens with one attached hydrogen (secondary N) is 2. The Balaban J connectivity index is 1.40. The van der Waals surface area contributed by atoms with Crippen molar-refractivity contribution in [2.75, 3.05) is 31.6 Å². The molecule has 1 fully saturated rings. The molecule has 4 heterocycles. The van der Waals surface area contributed by atoms with Crippen molar-refractivity contribution in [3.63, 3.8) is 0 Å². The highest BCUT2D eigenvalue weighted by atomic mass is 16.5. The van der Waals surface area contributed by atoms with E-state index in [0.29, 0.717) is 31.9 Å². The maximum Gasteiger partial charge on any atom is 0.254 e. The van der Waals surface area contributed by atoms with Crippen LogP contribution in [0.15, 0.2) is 71.9 Å². The monoisotopic (exact) mass is 415 g/mol. The fourth-order valence-corrected chi connectivity index (χ4v) is 3.75. The molecule has 0 unspecified atom stereocenters. The fraction of sp³-hybridized carbons (Fsp3) is 0.174. The summed E-state index contributed by atoms with van der Waals surface area (Å²) in [6.07, 6.45) is 5.22. The molecular weight excluding hydrogens is 394 g/mol. The third-order valence-electron chi connectivity index (χ3n) is 5.33. The predicted octanol–water partition coefficient (Wildman–Crippen LogP) is 2.91. The third kappa shape index (κ3) is 3.80. The van der Waals surface area contributed by atoms with Crippen molar-refractivity contribution in [2.24, 2.45) is 0 Å². The lowest BCUT2D eigenvalue weighted by Crippen LogP contribution is -2.40. The van der Waals surface area contributed by atoms with E-state index in [1.54, 1.807) is 18.5 Å². The van der Waals surface area contributed by atoms with Crippen LogP contribution in [0.1, 0.15) is 10.4 Å². The second-order valence-corrected chi connectivity index (χ2v) is 7.30. The molecule has 31 heavy (non-hydrogen) atoms. The van der Waals surface area contributed by atoms with E-state index in [2.05, 4.69) is 15.3 Å². The second-order valence-electron chi connectivity index (χ2n) is 7.30. The summed E-state index contributed by atoms with van der Waals surface area (Å²) in [5.41, 5.74) is 4.60. The minimum Gasteiger partial charge on any atom is -0.378 e. The Hall–Kier alpha value is -3.91. The van der Waals surface area contributed by atoms with E-state index in [4.69, 9.17) is 4.74 Å². The van der Waals surface area contributed by atoms with Gasteiger partial charge in [-0.05, 0) is 42.5 Å². The molecule has 0 spiro atoms. The van der Waals surface area contributed by atoms with E-state index in [0.717, 1.165) is 28.3 Å². The van der Waals surface area contributed by atoms with Crippen LogP contribution < -0.4 is 10.9 Å². The SMILES string of the molecule is O=C(c1ccc(Nc2ccc(-c3cc[nH]c(=O)c3)n3ccnc23)cc1)N1CCOCC1. The number of nitrogens with zero attached hydrogens (tertiary/aromatic N) is 3. The summed E-state index contributed by atoms with van der Waals surface area (Å²) in [5, 5.41) is 3.37. The van der Waals surface area contributed by atoms with E-state index in [9.17, 15) is 9.59 Å². The molecule has 2 N–H and O–H groups in total. The van der Waals surface area contributed by atoms with Crippen molar-refractivity contribution in [3.05, 3.63) is 83.0 Å². The quantitative estimate of drug-likeness (QED) is 0.535. The number of H-pyrrole nitrogens is 1. The number of carbonyl (C=O) groups is 1. The van der Waals surface area contributed by atoms with Crippen molar-refractivity contribution in [1.82, 2.24) is 19.3 Å². The fourth-order valence-electron chi connectivity index (χ4n) is 3.75. The van der Waals surface area contributed by atoms with E-state index >= 15 is 0 Å². The van der Waals surface area contributed by atoms with Gasteiger partial charge in [0.2, 0.25) is 5.56 Å². The number of aromatic nitrogens is 3. The maximum atomic E-state index is 12.6. The summed E-state index contributed by atoms with van der Waals surface area (Å²) in [6.45, 7) is 2.41. The van der Waals surface area contributed by atoms with Gasteiger partial charge in [0.25, 0.3) is 5.91 Å². The lowest BCUT2D eigenvalue weighted by Gasteiger charge is -2.26. The number of pyridine rings is 2. The Labute approximate surface area is 178 Å². The van der Waals surface area contributed by atoms with Crippen LogP contribution in [0.3, 0.4) is 0 Å². The number of ether oxygens (including phenoxy) is 1. The van der Waals surface area contributed by atoms with Crippen LogP contribution in [0.25, 0.3) is 16.9 Å². The maximum absolute atomic E-state index is 12.6. The molecule has 5 rings (SSSR count). The molecule has 1 aromatic carbocycles. The van der Waals surface area contributed by atoms with Gasteiger partial charge in [-0.2, -0.15) is 0 Å². The largest absolute Gasteiger partial charge is 0.378 e. The summed E-state index contributed by atoms with van der Waals surface area (Å²) in [5.74, 6) is 0.0210. The highest BCUT2D eigenvalue weighted by Gasteiger charge is 2.18. The number of imidazole rings is 1. The first kappa shape index (κ1) is 19.1. The van der Waals surface area contributed by atoms with Crippen LogP contribution in [0.5, 0.6) is 0 Å². The molecule has 0 atom stereocenters. The summed E-state index contributed by atoms with van der Waals surface area (Å²) in [4.78, 5) is 33.2. The summed E-state index contributed by atoms with van der Waals surface area (Å²) in [6, 6.07) is 14.7. The molecular formula is C23H21N5O3. The number of hydrogen-bond acceptors (Lipinski definition) is 5. The minimum absolute atomic E-state index is 0.0210. The van der Waals surface area contributed by atoms with Gasteiger partial charge in [0.05, 0.1) is 24.6 Å². The van der Waals surface area contributed by atoms with Crippen molar-refractivity contribution >= 4 is 22.9 Å². The Morgan fingerprint density at radius 2 is 1.87 bits per heavy atom. The average Bonchev–Trinajstić information content (AvgIpc) is 3.30. The molecule has 3 aromatic heterocycles. The third-order valence-corrected chi connectivity index (χ3v) is 5.33. The van der Waals surface area contributed by atoms with E-state index in [1.165, 1.54) is 0 Å². The number of carbonyl (C=O) groups excluding carboxylic acids is 1. The highest BCUT2D eigenvalue weighted by Crippen LogP contribution is 2.27. The minimum atomic E-state index is -0.153. The van der Waals surface area contributed by atoms with Gasteiger partial charge in [-0.1, -0.05) is 0 Å². The summed E-state index contributed by atoms with van der Waals surface area (Å²) in [7, 11) is 0. The molecule has 1 saturated heterocycles. The van der Waals surface area contributed by atoms with Crippen molar-refractivity contribution in [1.29, 1.82) is 0 Å². The van der Waals surface area contributed by atoms with E-state index < -0.39 is 0 Å². The standard InChI is InChI=1S/C23H21N5O3/c29-21-15-17(7-8-24-21)20-6-5-19(22-25-9-10-28(20)22)26-18-3-1-16(2-4-18)23(30)27-11-13-31-14-12-27/h1-10,15,26H,11-14H2,(H,24,29). The van der Waals surface area contributed by atoms with Gasteiger partial charge in [0, 0.05) is 54.6 Å². The van der Waals surface area contributed by atoms with Crippen LogP contribution in [0.2, 0.25) is 0 Å². The molecule has 8 nitrogen and oxygen atoms in total. The van der Waals surface area contributed by atoms with Gasteiger partial charge >= 0.3 is 0 Å². The molecule has 8 heteroatoms. The van der Waals surface area contributed by atoms with Crippen molar-refractivity contribution in [3.8, 4) is 11.3 Å². The first-order valence-corrected chi connectivity index (χ1v) is 10.1. The van der Waals surface area contributed by atoms with Gasteiger partial charge in [-0.25, -0.2) is 4.98 Å². The highest BCUT2D eigenvalue weighted by molar-refractivity contribution is 5.94. The van der Waals surface area contributed by atoms with Crippen molar-refractivity contribution in [2.45, 2.75) is 0 Å². The van der Waals surface area contributed by atoms with Crippen molar-refractivity contribution < 1.29 is 9.53 Å². The van der Waals surface area contributed by atoms with Crippen LogP contribution in [-0.2, 0) is 4.74 Å². The predicted molar refractivity (Wildman–Crippen MR) is 118 cm³/mol. The van der Waals surface area contributed by atoms with Gasteiger partial charge in [0.1, 0.15) is 0 Å². The van der Waals surface area contributed by atoms with E-state index in [1.807, 2.05) is 58.0 Å². The molecule has 4 aromatic rings. The molecule has 156 valence electrons. The zero-order valence-corrected chi connectivity index (χ0v) is 16.7. The lowest BCUT2D eigenvalue weighted by molar-refractivity contribution is 0.0303. The number of fused-ring (bicyclic) bond motifs is 1. The van der Waals surface area contributed by atoms with Crippen LogP contribution >= 0.6 is 0 Å². The summed E-state index contributed by atoms with van der Waals surface area (Å²) < 4.78 is 7.25. The molecule has 0 saturated carbocycles.